The van der Waals surface area contributed by atoms with Crippen LogP contribution in [0.2, 0.25) is 0 Å². The predicted octanol–water partition coefficient (Wildman–Crippen LogP) is 0.726. The van der Waals surface area contributed by atoms with Crippen LogP contribution in [-0.2, 0) is 21.0 Å². The summed E-state index contributed by atoms with van der Waals surface area (Å²) in [6.07, 6.45) is -6.64. The number of rotatable bonds is 6. The minimum absolute atomic E-state index is 0.0205. The molecule has 0 radical (unpaired) electrons. The fourth-order valence-electron chi connectivity index (χ4n) is 1.65. The highest BCUT2D eigenvalue weighted by Crippen LogP contribution is 2.34. The number of benzene rings is 1. The summed E-state index contributed by atoms with van der Waals surface area (Å²) in [4.78, 5) is 19.3. The number of hydrogen-bond acceptors (Lipinski definition) is 6. The Morgan fingerprint density at radius 3 is 2.29 bits per heavy atom. The van der Waals surface area contributed by atoms with E-state index < -0.39 is 55.4 Å². The molecule has 0 bridgehead atoms. The third-order valence-electron chi connectivity index (χ3n) is 2.80. The molecule has 1 rings (SSSR count). The van der Waals surface area contributed by atoms with Crippen LogP contribution >= 0.6 is 0 Å². The molecule has 0 aliphatic rings. The number of carbonyl (C=O) groups is 1. The van der Waals surface area contributed by atoms with E-state index in [2.05, 4.69) is 0 Å². The topological polar surface area (TPSA) is 147 Å². The molecular formula is C11H11F3N2O7S. The van der Waals surface area contributed by atoms with Crippen LogP contribution < -0.4 is 4.72 Å². The standard InChI is InChI=1S/C11H11F3N2O7S/c1-5(17)9(10(18)19)15-24(22,23)8-3-2-6(11(12,13)14)4-7(8)16(20)21/h2-5,9,15,17H,1H3,(H,18,19)/t5-,9+/m1/s1. The number of nitro groups is 1. The van der Waals surface area contributed by atoms with Crippen LogP contribution in [0.3, 0.4) is 0 Å². The van der Waals surface area contributed by atoms with Crippen molar-refractivity contribution < 1.29 is 41.5 Å². The number of carboxylic acid groups (broad SMARTS) is 1. The fourth-order valence-corrected chi connectivity index (χ4v) is 3.06. The van der Waals surface area contributed by atoms with Gasteiger partial charge in [-0.1, -0.05) is 0 Å². The molecule has 0 unspecified atom stereocenters. The first kappa shape index (κ1) is 19.8. The van der Waals surface area contributed by atoms with Gasteiger partial charge in [-0.05, 0) is 19.1 Å². The van der Waals surface area contributed by atoms with E-state index in [1.54, 1.807) is 0 Å². The number of aliphatic carboxylic acids is 1. The number of carboxylic acids is 1. The van der Waals surface area contributed by atoms with Gasteiger partial charge in [0.1, 0.15) is 6.04 Å². The van der Waals surface area contributed by atoms with Crippen LogP contribution in [0.25, 0.3) is 0 Å². The molecule has 0 aliphatic carbocycles. The van der Waals surface area contributed by atoms with Gasteiger partial charge < -0.3 is 10.2 Å². The molecule has 3 N–H and O–H groups in total. The molecule has 1 aromatic carbocycles. The highest BCUT2D eigenvalue weighted by Gasteiger charge is 2.37. The van der Waals surface area contributed by atoms with E-state index in [-0.39, 0.29) is 6.07 Å². The summed E-state index contributed by atoms with van der Waals surface area (Å²) in [6.45, 7) is 0.947. The number of aliphatic hydroxyl groups excluding tert-OH is 1. The second-order valence-electron chi connectivity index (χ2n) is 4.62. The number of hydrogen-bond donors (Lipinski definition) is 3. The molecule has 0 fully saturated rings. The van der Waals surface area contributed by atoms with Crippen LogP contribution in [-0.4, -0.2) is 41.7 Å². The van der Waals surface area contributed by atoms with Gasteiger partial charge in [-0.15, -0.1) is 0 Å². The summed E-state index contributed by atoms with van der Waals surface area (Å²) in [5, 5.41) is 28.9. The lowest BCUT2D eigenvalue weighted by molar-refractivity contribution is -0.388. The van der Waals surface area contributed by atoms with Crippen molar-refractivity contribution in [3.8, 4) is 0 Å². The van der Waals surface area contributed by atoms with Crippen LogP contribution in [0, 0.1) is 10.1 Å². The second kappa shape index (κ2) is 6.70. The Bertz CT molecular complexity index is 761. The average molecular weight is 372 g/mol. The van der Waals surface area contributed by atoms with Gasteiger partial charge in [-0.3, -0.25) is 14.9 Å². The molecule has 0 heterocycles. The van der Waals surface area contributed by atoms with E-state index in [1.807, 2.05) is 0 Å². The van der Waals surface area contributed by atoms with Crippen LogP contribution in [0.1, 0.15) is 12.5 Å². The molecular weight excluding hydrogens is 361 g/mol. The highest BCUT2D eigenvalue weighted by atomic mass is 32.2. The molecule has 0 saturated heterocycles. The lowest BCUT2D eigenvalue weighted by Crippen LogP contribution is -2.47. The van der Waals surface area contributed by atoms with Gasteiger partial charge in [-0.25, -0.2) is 8.42 Å². The van der Waals surface area contributed by atoms with Gasteiger partial charge in [0.2, 0.25) is 10.0 Å². The van der Waals surface area contributed by atoms with E-state index in [4.69, 9.17) is 5.11 Å². The molecule has 1 aromatic rings. The zero-order valence-electron chi connectivity index (χ0n) is 11.8. The smallest absolute Gasteiger partial charge is 0.416 e. The van der Waals surface area contributed by atoms with E-state index in [0.29, 0.717) is 12.1 Å². The molecule has 0 amide bonds. The van der Waals surface area contributed by atoms with E-state index >= 15 is 0 Å². The third kappa shape index (κ3) is 4.39. The average Bonchev–Trinajstić information content (AvgIpc) is 2.42. The summed E-state index contributed by atoms with van der Waals surface area (Å²) in [7, 11) is -4.89. The Morgan fingerprint density at radius 1 is 1.38 bits per heavy atom. The van der Waals surface area contributed by atoms with Gasteiger partial charge in [0.25, 0.3) is 5.69 Å². The molecule has 0 aliphatic heterocycles. The van der Waals surface area contributed by atoms with E-state index in [9.17, 15) is 41.6 Å². The van der Waals surface area contributed by atoms with Crippen molar-refractivity contribution in [3.63, 3.8) is 0 Å². The SMILES string of the molecule is C[C@@H](O)[C@H](NS(=O)(=O)c1ccc(C(F)(F)F)cc1[N+](=O)[O-])C(=O)O. The van der Waals surface area contributed by atoms with Crippen LogP contribution in [0.5, 0.6) is 0 Å². The third-order valence-corrected chi connectivity index (χ3v) is 4.29. The fraction of sp³-hybridized carbons (Fsp3) is 0.364. The summed E-state index contributed by atoms with van der Waals surface area (Å²) >= 11 is 0. The first-order valence-electron chi connectivity index (χ1n) is 6.06. The molecule has 24 heavy (non-hydrogen) atoms. The molecule has 134 valence electrons. The number of alkyl halides is 3. The normalized spacial score (nSPS) is 14.9. The first-order chi connectivity index (χ1) is 10.8. The molecule has 0 saturated carbocycles. The summed E-state index contributed by atoms with van der Waals surface area (Å²) in [5.74, 6) is -1.77. The van der Waals surface area contributed by atoms with Crippen LogP contribution in [0.15, 0.2) is 23.1 Å². The lowest BCUT2D eigenvalue weighted by atomic mass is 10.2. The Kier molecular flexibility index (Phi) is 5.53. The summed E-state index contributed by atoms with van der Waals surface area (Å²) in [6, 6.07) is -1.38. The van der Waals surface area contributed by atoms with Crippen molar-refractivity contribution in [2.75, 3.05) is 0 Å². The number of aliphatic hydroxyl groups is 1. The minimum Gasteiger partial charge on any atom is -0.480 e. The van der Waals surface area contributed by atoms with Crippen molar-refractivity contribution in [3.05, 3.63) is 33.9 Å². The highest BCUT2D eigenvalue weighted by molar-refractivity contribution is 7.89. The maximum atomic E-state index is 12.6. The first-order valence-corrected chi connectivity index (χ1v) is 7.54. The zero-order chi connectivity index (χ0) is 18.9. The molecule has 2 atom stereocenters. The number of nitrogens with zero attached hydrogens (tertiary/aromatic N) is 1. The summed E-state index contributed by atoms with van der Waals surface area (Å²) < 4.78 is 63.4. The van der Waals surface area contributed by atoms with Crippen molar-refractivity contribution in [2.45, 2.75) is 30.1 Å². The molecule has 13 heteroatoms. The molecule has 0 aromatic heterocycles. The molecule has 9 nitrogen and oxygen atoms in total. The molecule has 0 spiro atoms. The van der Waals surface area contributed by atoms with Crippen molar-refractivity contribution in [2.24, 2.45) is 0 Å². The Hall–Kier alpha value is -2.25. The van der Waals surface area contributed by atoms with Crippen molar-refractivity contribution in [1.29, 1.82) is 0 Å². The van der Waals surface area contributed by atoms with Crippen LogP contribution in [0.4, 0.5) is 18.9 Å². The zero-order valence-corrected chi connectivity index (χ0v) is 12.6. The maximum Gasteiger partial charge on any atom is 0.416 e. The van der Waals surface area contributed by atoms with Gasteiger partial charge in [0.15, 0.2) is 4.90 Å². The summed E-state index contributed by atoms with van der Waals surface area (Å²) in [5.41, 5.74) is -2.83. The minimum atomic E-state index is -4.94. The monoisotopic (exact) mass is 372 g/mol. The number of halogens is 3. The number of nitrogens with one attached hydrogen (secondary N) is 1. The van der Waals surface area contributed by atoms with Crippen molar-refractivity contribution >= 4 is 21.7 Å². The Morgan fingerprint density at radius 2 is 1.92 bits per heavy atom. The van der Waals surface area contributed by atoms with E-state index in [0.717, 1.165) is 6.92 Å². The Labute approximate surface area is 132 Å². The van der Waals surface area contributed by atoms with E-state index in [1.165, 1.54) is 4.72 Å². The van der Waals surface area contributed by atoms with Crippen molar-refractivity contribution in [1.82, 2.24) is 4.72 Å². The quantitative estimate of drug-likeness (QED) is 0.492. The Balaban J connectivity index is 3.44. The number of nitro benzene ring substituents is 1. The largest absolute Gasteiger partial charge is 0.480 e. The second-order valence-corrected chi connectivity index (χ2v) is 6.30. The van der Waals surface area contributed by atoms with Gasteiger partial charge in [0.05, 0.1) is 16.6 Å². The van der Waals surface area contributed by atoms with Gasteiger partial charge >= 0.3 is 12.1 Å². The maximum absolute atomic E-state index is 12.6. The lowest BCUT2D eigenvalue weighted by Gasteiger charge is -2.17. The number of sulfonamides is 1. The van der Waals surface area contributed by atoms with Gasteiger partial charge in [0, 0.05) is 6.07 Å². The predicted molar refractivity (Wildman–Crippen MR) is 71.5 cm³/mol. The van der Waals surface area contributed by atoms with Gasteiger partial charge in [-0.2, -0.15) is 17.9 Å².